The van der Waals surface area contributed by atoms with E-state index in [0.717, 1.165) is 10.4 Å². The van der Waals surface area contributed by atoms with Crippen molar-refractivity contribution in [2.24, 2.45) is 5.41 Å². The van der Waals surface area contributed by atoms with Gasteiger partial charge in [-0.15, -0.1) is 11.3 Å². The van der Waals surface area contributed by atoms with Gasteiger partial charge in [0.05, 0.1) is 27.2 Å². The fraction of sp³-hybridized carbons (Fsp3) is 0.320. The van der Waals surface area contributed by atoms with Crippen molar-refractivity contribution in [3.8, 4) is 10.6 Å². The fourth-order valence-corrected chi connectivity index (χ4v) is 4.15. The van der Waals surface area contributed by atoms with Crippen LogP contribution in [-0.4, -0.2) is 37.7 Å². The normalized spacial score (nSPS) is 12.6. The molecule has 8 heteroatoms. The molecule has 0 aromatic carbocycles. The molecule has 1 amide bonds. The maximum atomic E-state index is 12.9. The van der Waals surface area contributed by atoms with E-state index in [1.165, 1.54) is 11.3 Å². The van der Waals surface area contributed by atoms with E-state index in [1.54, 1.807) is 24.8 Å². The number of nitrogens with zero attached hydrogens (tertiary/aromatic N) is 3. The number of ketones is 1. The SMILES string of the molecule is C[C@H](NC(=O)c1c[nH]c2ncc(-c3ccc(C(=O)CCc4cccnc4)s3)nc12)C(C)(C)C. The number of pyridine rings is 1. The van der Waals surface area contributed by atoms with Gasteiger partial charge in [-0.05, 0) is 42.5 Å². The Morgan fingerprint density at radius 3 is 2.73 bits per heavy atom. The molecule has 0 aliphatic heterocycles. The molecular formula is C25H27N5O2S. The first kappa shape index (κ1) is 22.8. The molecule has 7 nitrogen and oxygen atoms in total. The van der Waals surface area contributed by atoms with Gasteiger partial charge < -0.3 is 10.3 Å². The van der Waals surface area contributed by atoms with Gasteiger partial charge in [0.15, 0.2) is 11.4 Å². The maximum Gasteiger partial charge on any atom is 0.255 e. The minimum atomic E-state index is -0.187. The van der Waals surface area contributed by atoms with Gasteiger partial charge in [0, 0.05) is 31.1 Å². The van der Waals surface area contributed by atoms with Gasteiger partial charge in [0.2, 0.25) is 0 Å². The number of Topliss-reactive ketones (excluding diaryl/α,β-unsaturated/α-hetero) is 1. The summed E-state index contributed by atoms with van der Waals surface area (Å²) in [5.74, 6) is -0.102. The Hall–Kier alpha value is -3.39. The zero-order valence-electron chi connectivity index (χ0n) is 19.2. The Kier molecular flexibility index (Phi) is 6.37. The van der Waals surface area contributed by atoms with Crippen LogP contribution in [0.2, 0.25) is 0 Å². The highest BCUT2D eigenvalue weighted by Crippen LogP contribution is 2.29. The fourth-order valence-electron chi connectivity index (χ4n) is 3.23. The number of aryl methyl sites for hydroxylation is 1. The molecule has 0 saturated carbocycles. The van der Waals surface area contributed by atoms with Crippen molar-refractivity contribution in [2.45, 2.75) is 46.6 Å². The van der Waals surface area contributed by atoms with E-state index < -0.39 is 0 Å². The number of carbonyl (C=O) groups is 2. The molecule has 4 rings (SSSR count). The molecule has 0 saturated heterocycles. The van der Waals surface area contributed by atoms with Gasteiger partial charge in [-0.25, -0.2) is 9.97 Å². The van der Waals surface area contributed by atoms with Crippen LogP contribution in [0.15, 0.2) is 49.1 Å². The Bertz CT molecular complexity index is 1290. The molecule has 0 aliphatic rings. The molecule has 0 aliphatic carbocycles. The summed E-state index contributed by atoms with van der Waals surface area (Å²) in [7, 11) is 0. The molecule has 2 N–H and O–H groups in total. The molecule has 170 valence electrons. The summed E-state index contributed by atoms with van der Waals surface area (Å²) < 4.78 is 0. The number of amides is 1. The largest absolute Gasteiger partial charge is 0.349 e. The van der Waals surface area contributed by atoms with Crippen LogP contribution in [0.25, 0.3) is 21.7 Å². The number of aromatic nitrogens is 4. The second-order valence-electron chi connectivity index (χ2n) is 9.16. The van der Waals surface area contributed by atoms with E-state index in [4.69, 9.17) is 4.98 Å². The molecular weight excluding hydrogens is 434 g/mol. The second kappa shape index (κ2) is 9.23. The van der Waals surface area contributed by atoms with E-state index in [1.807, 2.05) is 31.2 Å². The highest BCUT2D eigenvalue weighted by Gasteiger charge is 2.24. The molecule has 0 radical (unpaired) electrons. The number of aromatic amines is 1. The summed E-state index contributed by atoms with van der Waals surface area (Å²) in [4.78, 5) is 43.3. The molecule has 4 heterocycles. The summed E-state index contributed by atoms with van der Waals surface area (Å²) >= 11 is 1.39. The number of carbonyl (C=O) groups excluding carboxylic acids is 2. The minimum Gasteiger partial charge on any atom is -0.349 e. The zero-order valence-corrected chi connectivity index (χ0v) is 20.0. The highest BCUT2D eigenvalue weighted by molar-refractivity contribution is 7.17. The average molecular weight is 462 g/mol. The lowest BCUT2D eigenvalue weighted by molar-refractivity contribution is 0.0911. The molecule has 0 unspecified atom stereocenters. The monoisotopic (exact) mass is 461 g/mol. The smallest absolute Gasteiger partial charge is 0.255 e. The van der Waals surface area contributed by atoms with Gasteiger partial charge >= 0.3 is 0 Å². The van der Waals surface area contributed by atoms with Gasteiger partial charge in [0.25, 0.3) is 5.91 Å². The van der Waals surface area contributed by atoms with Crippen molar-refractivity contribution >= 4 is 34.2 Å². The zero-order chi connectivity index (χ0) is 23.6. The number of hydrogen-bond donors (Lipinski definition) is 2. The van der Waals surface area contributed by atoms with Crippen LogP contribution in [0, 0.1) is 5.41 Å². The Labute approximate surface area is 196 Å². The third-order valence-corrected chi connectivity index (χ3v) is 6.92. The summed E-state index contributed by atoms with van der Waals surface area (Å²) in [5, 5.41) is 3.05. The Morgan fingerprint density at radius 1 is 1.18 bits per heavy atom. The summed E-state index contributed by atoms with van der Waals surface area (Å²) in [5.41, 5.74) is 3.14. The lowest BCUT2D eigenvalue weighted by Gasteiger charge is -2.27. The first-order valence-electron chi connectivity index (χ1n) is 10.9. The topological polar surface area (TPSA) is 101 Å². The van der Waals surface area contributed by atoms with Crippen molar-refractivity contribution in [3.05, 3.63) is 65.1 Å². The minimum absolute atomic E-state index is 0.0105. The molecule has 4 aromatic heterocycles. The van der Waals surface area contributed by atoms with Crippen LogP contribution in [0.3, 0.4) is 0 Å². The van der Waals surface area contributed by atoms with E-state index in [0.29, 0.717) is 40.1 Å². The van der Waals surface area contributed by atoms with E-state index >= 15 is 0 Å². The molecule has 0 bridgehead atoms. The Balaban J connectivity index is 1.52. The number of nitrogens with one attached hydrogen (secondary N) is 2. The second-order valence-corrected chi connectivity index (χ2v) is 10.2. The van der Waals surface area contributed by atoms with Gasteiger partial charge in [0.1, 0.15) is 5.52 Å². The summed E-state index contributed by atoms with van der Waals surface area (Å²) in [6.07, 6.45) is 7.88. The number of H-pyrrole nitrogens is 1. The van der Waals surface area contributed by atoms with Crippen molar-refractivity contribution in [1.29, 1.82) is 0 Å². The van der Waals surface area contributed by atoms with Crippen LogP contribution in [0.1, 0.15) is 59.7 Å². The van der Waals surface area contributed by atoms with Crippen molar-refractivity contribution in [2.75, 3.05) is 0 Å². The van der Waals surface area contributed by atoms with Crippen LogP contribution in [-0.2, 0) is 6.42 Å². The van der Waals surface area contributed by atoms with Gasteiger partial charge in [-0.2, -0.15) is 0 Å². The number of hydrogen-bond acceptors (Lipinski definition) is 6. The Morgan fingerprint density at radius 2 is 2.00 bits per heavy atom. The quantitative estimate of drug-likeness (QED) is 0.375. The predicted molar refractivity (Wildman–Crippen MR) is 130 cm³/mol. The third kappa shape index (κ3) is 5.17. The molecule has 4 aromatic rings. The lowest BCUT2D eigenvalue weighted by atomic mass is 9.88. The van der Waals surface area contributed by atoms with Crippen LogP contribution in [0.4, 0.5) is 0 Å². The first-order valence-corrected chi connectivity index (χ1v) is 11.7. The first-order chi connectivity index (χ1) is 15.7. The molecule has 0 fully saturated rings. The van der Waals surface area contributed by atoms with E-state index in [2.05, 4.69) is 41.0 Å². The number of thiophene rings is 1. The summed E-state index contributed by atoms with van der Waals surface area (Å²) in [6.45, 7) is 8.23. The lowest BCUT2D eigenvalue weighted by Crippen LogP contribution is -2.41. The van der Waals surface area contributed by atoms with Gasteiger partial charge in [-0.3, -0.25) is 14.6 Å². The highest BCUT2D eigenvalue weighted by atomic mass is 32.1. The van der Waals surface area contributed by atoms with E-state index in [9.17, 15) is 9.59 Å². The number of rotatable bonds is 7. The standard InChI is InChI=1S/C25H27N5O2S/c1-15(25(2,3)4)29-24(32)17-13-27-23-22(17)30-18(14-28-23)20-9-10-21(33-20)19(31)8-7-16-6-5-11-26-12-16/h5-6,9-15H,7-8H2,1-4H3,(H,27,28)(H,29,32)/t15-/m0/s1. The molecule has 33 heavy (non-hydrogen) atoms. The third-order valence-electron chi connectivity index (χ3n) is 5.77. The summed E-state index contributed by atoms with van der Waals surface area (Å²) in [6, 6.07) is 7.54. The predicted octanol–water partition coefficient (Wildman–Crippen LogP) is 5.06. The average Bonchev–Trinajstić information content (AvgIpc) is 3.44. The van der Waals surface area contributed by atoms with Crippen molar-refractivity contribution in [3.63, 3.8) is 0 Å². The van der Waals surface area contributed by atoms with Crippen LogP contribution in [0.5, 0.6) is 0 Å². The van der Waals surface area contributed by atoms with Crippen molar-refractivity contribution in [1.82, 2.24) is 25.3 Å². The van der Waals surface area contributed by atoms with Crippen LogP contribution < -0.4 is 5.32 Å². The molecule has 0 spiro atoms. The maximum absolute atomic E-state index is 12.9. The van der Waals surface area contributed by atoms with Crippen LogP contribution >= 0.6 is 11.3 Å². The van der Waals surface area contributed by atoms with Gasteiger partial charge in [-0.1, -0.05) is 26.8 Å². The van der Waals surface area contributed by atoms with Crippen molar-refractivity contribution < 1.29 is 9.59 Å². The van der Waals surface area contributed by atoms with E-state index in [-0.39, 0.29) is 23.1 Å². The molecule has 1 atom stereocenters. The number of fused-ring (bicyclic) bond motifs is 1.